The molecule has 0 aliphatic carbocycles. The zero-order valence-corrected chi connectivity index (χ0v) is 18.0. The Bertz CT molecular complexity index is 1200. The molecule has 2 aromatic heterocycles. The van der Waals surface area contributed by atoms with Gasteiger partial charge in [-0.15, -0.1) is 0 Å². The Morgan fingerprint density at radius 2 is 1.61 bits per heavy atom. The molecular weight excluding hydrogens is 416 g/mol. The van der Waals surface area contributed by atoms with Crippen molar-refractivity contribution in [3.05, 3.63) is 91.1 Å². The molecule has 2 aromatic carbocycles. The number of aromatic nitrogens is 3. The van der Waals surface area contributed by atoms with Gasteiger partial charge in [-0.1, -0.05) is 0 Å². The number of morpholine rings is 1. The predicted octanol–water partition coefficient (Wildman–Crippen LogP) is 4.10. The van der Waals surface area contributed by atoms with E-state index in [-0.39, 0.29) is 5.91 Å². The molecule has 8 heteroatoms. The van der Waals surface area contributed by atoms with Gasteiger partial charge in [0.2, 0.25) is 0 Å². The monoisotopic (exact) mass is 440 g/mol. The van der Waals surface area contributed by atoms with E-state index < -0.39 is 0 Å². The van der Waals surface area contributed by atoms with Crippen LogP contribution in [0.15, 0.2) is 85.6 Å². The van der Waals surface area contributed by atoms with Gasteiger partial charge in [0.05, 0.1) is 19.5 Å². The Labute approximate surface area is 191 Å². The Kier molecular flexibility index (Phi) is 5.99. The van der Waals surface area contributed by atoms with Crippen LogP contribution >= 0.6 is 0 Å². The summed E-state index contributed by atoms with van der Waals surface area (Å²) in [6.07, 6.45) is 7.01. The molecular formula is C25H24N6O2. The molecule has 0 spiro atoms. The molecule has 1 aliphatic rings. The van der Waals surface area contributed by atoms with E-state index in [1.54, 1.807) is 30.9 Å². The minimum Gasteiger partial charge on any atom is -0.378 e. The van der Waals surface area contributed by atoms with Crippen molar-refractivity contribution in [3.8, 4) is 5.69 Å². The number of carbonyl (C=O) groups excluding carboxylic acids is 1. The van der Waals surface area contributed by atoms with Crippen LogP contribution in [0.3, 0.4) is 0 Å². The van der Waals surface area contributed by atoms with Crippen molar-refractivity contribution in [2.45, 2.75) is 0 Å². The third-order valence-corrected chi connectivity index (χ3v) is 5.47. The standard InChI is InChI=1S/C25H24N6O2/c32-25(29-21-3-5-22(6-4-21)30-13-15-33-16-14-30)19-9-10-27-24(17-19)28-20-1-7-23(8-2-20)31-12-11-26-18-31/h1-12,17-18H,13-16H2,(H,27,28)(H,29,32). The summed E-state index contributed by atoms with van der Waals surface area (Å²) in [4.78, 5) is 23.5. The van der Waals surface area contributed by atoms with Crippen molar-refractivity contribution in [2.75, 3.05) is 41.8 Å². The fourth-order valence-electron chi connectivity index (χ4n) is 3.70. The molecule has 3 heterocycles. The number of hydrogen-bond acceptors (Lipinski definition) is 6. The van der Waals surface area contributed by atoms with E-state index in [1.165, 1.54) is 0 Å². The molecule has 4 aromatic rings. The van der Waals surface area contributed by atoms with Crippen molar-refractivity contribution in [1.82, 2.24) is 14.5 Å². The lowest BCUT2D eigenvalue weighted by Crippen LogP contribution is -2.36. The van der Waals surface area contributed by atoms with Gasteiger partial charge in [0.15, 0.2) is 0 Å². The van der Waals surface area contributed by atoms with E-state index >= 15 is 0 Å². The van der Waals surface area contributed by atoms with E-state index in [4.69, 9.17) is 4.74 Å². The number of amides is 1. The minimum atomic E-state index is -0.185. The second kappa shape index (κ2) is 9.54. The second-order valence-electron chi connectivity index (χ2n) is 7.67. The second-order valence-corrected chi connectivity index (χ2v) is 7.67. The highest BCUT2D eigenvalue weighted by Crippen LogP contribution is 2.21. The lowest BCUT2D eigenvalue weighted by Gasteiger charge is -2.28. The minimum absolute atomic E-state index is 0.185. The van der Waals surface area contributed by atoms with Gasteiger partial charge >= 0.3 is 0 Å². The molecule has 1 saturated heterocycles. The molecule has 1 aliphatic heterocycles. The van der Waals surface area contributed by atoms with Gasteiger partial charge in [-0.25, -0.2) is 9.97 Å². The van der Waals surface area contributed by atoms with Crippen LogP contribution in [0, 0.1) is 0 Å². The van der Waals surface area contributed by atoms with Crippen molar-refractivity contribution in [2.24, 2.45) is 0 Å². The summed E-state index contributed by atoms with van der Waals surface area (Å²) in [7, 11) is 0. The highest BCUT2D eigenvalue weighted by molar-refractivity contribution is 6.04. The normalized spacial score (nSPS) is 13.5. The molecule has 0 saturated carbocycles. The first-order chi connectivity index (χ1) is 16.2. The SMILES string of the molecule is O=C(Nc1ccc(N2CCOCC2)cc1)c1ccnc(Nc2ccc(-n3ccnc3)cc2)c1. The quantitative estimate of drug-likeness (QED) is 0.470. The van der Waals surface area contributed by atoms with Crippen LogP contribution in [0.25, 0.3) is 5.69 Å². The van der Waals surface area contributed by atoms with Crippen molar-refractivity contribution < 1.29 is 9.53 Å². The first-order valence-corrected chi connectivity index (χ1v) is 10.8. The molecule has 1 amide bonds. The number of nitrogens with one attached hydrogen (secondary N) is 2. The maximum atomic E-state index is 12.8. The molecule has 0 unspecified atom stereocenters. The van der Waals surface area contributed by atoms with Crippen LogP contribution in [-0.2, 0) is 4.74 Å². The Morgan fingerprint density at radius 3 is 2.33 bits per heavy atom. The fourth-order valence-corrected chi connectivity index (χ4v) is 3.70. The largest absolute Gasteiger partial charge is 0.378 e. The van der Waals surface area contributed by atoms with E-state index in [1.807, 2.05) is 59.3 Å². The van der Waals surface area contributed by atoms with Crippen LogP contribution in [0.1, 0.15) is 10.4 Å². The molecule has 5 rings (SSSR count). The number of ether oxygens (including phenoxy) is 1. The molecule has 0 radical (unpaired) electrons. The lowest BCUT2D eigenvalue weighted by atomic mass is 10.2. The average molecular weight is 441 g/mol. The Balaban J connectivity index is 1.22. The molecule has 1 fully saturated rings. The Morgan fingerprint density at radius 1 is 0.879 bits per heavy atom. The lowest BCUT2D eigenvalue weighted by molar-refractivity contribution is 0.102. The topological polar surface area (TPSA) is 84.3 Å². The van der Waals surface area contributed by atoms with Crippen molar-refractivity contribution in [3.63, 3.8) is 0 Å². The van der Waals surface area contributed by atoms with Crippen LogP contribution in [-0.4, -0.2) is 46.7 Å². The summed E-state index contributed by atoms with van der Waals surface area (Å²) in [6.45, 7) is 3.24. The molecule has 0 atom stereocenters. The van der Waals surface area contributed by atoms with Crippen LogP contribution in [0.5, 0.6) is 0 Å². The number of pyridine rings is 1. The van der Waals surface area contributed by atoms with Crippen LogP contribution < -0.4 is 15.5 Å². The number of nitrogens with zero attached hydrogens (tertiary/aromatic N) is 4. The summed E-state index contributed by atoms with van der Waals surface area (Å²) in [5.74, 6) is 0.413. The van der Waals surface area contributed by atoms with E-state index in [0.717, 1.165) is 49.1 Å². The Hall–Kier alpha value is -4.17. The van der Waals surface area contributed by atoms with Gasteiger partial charge in [0, 0.05) is 60.0 Å². The summed E-state index contributed by atoms with van der Waals surface area (Å²) in [6, 6.07) is 19.2. The van der Waals surface area contributed by atoms with Crippen molar-refractivity contribution >= 4 is 28.8 Å². The number of carbonyl (C=O) groups is 1. The summed E-state index contributed by atoms with van der Waals surface area (Å²) in [5, 5.41) is 6.20. The first-order valence-electron chi connectivity index (χ1n) is 10.8. The number of anilines is 4. The van der Waals surface area contributed by atoms with Crippen molar-refractivity contribution in [1.29, 1.82) is 0 Å². The van der Waals surface area contributed by atoms with Gasteiger partial charge in [0.1, 0.15) is 5.82 Å². The summed E-state index contributed by atoms with van der Waals surface area (Å²) < 4.78 is 7.33. The van der Waals surface area contributed by atoms with Crippen LogP contribution in [0.4, 0.5) is 22.9 Å². The van der Waals surface area contributed by atoms with E-state index in [9.17, 15) is 4.79 Å². The van der Waals surface area contributed by atoms with Crippen LogP contribution in [0.2, 0.25) is 0 Å². The van der Waals surface area contributed by atoms with Gasteiger partial charge in [-0.3, -0.25) is 4.79 Å². The van der Waals surface area contributed by atoms with Gasteiger partial charge < -0.3 is 24.8 Å². The number of hydrogen-bond donors (Lipinski definition) is 2. The first kappa shape index (κ1) is 20.7. The number of imidazole rings is 1. The summed E-state index contributed by atoms with van der Waals surface area (Å²) >= 11 is 0. The molecule has 166 valence electrons. The van der Waals surface area contributed by atoms with E-state index in [2.05, 4.69) is 25.5 Å². The molecule has 33 heavy (non-hydrogen) atoms. The summed E-state index contributed by atoms with van der Waals surface area (Å²) in [5.41, 5.74) is 4.30. The number of rotatable bonds is 6. The maximum Gasteiger partial charge on any atom is 0.255 e. The molecule has 8 nitrogen and oxygen atoms in total. The fraction of sp³-hybridized carbons (Fsp3) is 0.160. The highest BCUT2D eigenvalue weighted by atomic mass is 16.5. The predicted molar refractivity (Wildman–Crippen MR) is 129 cm³/mol. The molecule has 2 N–H and O–H groups in total. The highest BCUT2D eigenvalue weighted by Gasteiger charge is 2.12. The zero-order chi connectivity index (χ0) is 22.5. The van der Waals surface area contributed by atoms with Gasteiger partial charge in [0.25, 0.3) is 5.91 Å². The van der Waals surface area contributed by atoms with E-state index in [0.29, 0.717) is 11.4 Å². The third-order valence-electron chi connectivity index (χ3n) is 5.47. The number of benzene rings is 2. The zero-order valence-electron chi connectivity index (χ0n) is 18.0. The maximum absolute atomic E-state index is 12.8. The third kappa shape index (κ3) is 5.02. The van der Waals surface area contributed by atoms with Gasteiger partial charge in [-0.2, -0.15) is 0 Å². The smallest absolute Gasteiger partial charge is 0.255 e. The van der Waals surface area contributed by atoms with Gasteiger partial charge in [-0.05, 0) is 60.7 Å². The molecule has 0 bridgehead atoms. The average Bonchev–Trinajstić information content (AvgIpc) is 3.41.